The number of hydrogen-bond acceptors (Lipinski definition) is 3. The molecule has 0 saturated heterocycles. The average Bonchev–Trinajstić information content (AvgIpc) is 2.65. The minimum atomic E-state index is -0.912. The highest BCUT2D eigenvalue weighted by Gasteiger charge is 2.38. The molecule has 4 N–H and O–H groups in total. The molecule has 1 fully saturated rings. The lowest BCUT2D eigenvalue weighted by Crippen LogP contribution is -2.57. The summed E-state index contributed by atoms with van der Waals surface area (Å²) in [6, 6.07) is 6.55. The molecular weight excluding hydrogens is 268 g/mol. The Bertz CT molecular complexity index is 520. The first-order chi connectivity index (χ1) is 10.0. The monoisotopic (exact) mass is 290 g/mol. The number of aromatic hydroxyl groups is 1. The molecule has 5 heteroatoms. The van der Waals surface area contributed by atoms with Gasteiger partial charge in [-0.1, -0.05) is 37.8 Å². The Hall–Kier alpha value is -2.04. The van der Waals surface area contributed by atoms with Gasteiger partial charge in [0.15, 0.2) is 0 Å². The minimum Gasteiger partial charge on any atom is -0.508 e. The molecule has 1 aromatic carbocycles. The van der Waals surface area contributed by atoms with Crippen molar-refractivity contribution in [3.63, 3.8) is 0 Å². The summed E-state index contributed by atoms with van der Waals surface area (Å²) >= 11 is 0. The van der Waals surface area contributed by atoms with E-state index in [9.17, 15) is 14.7 Å². The van der Waals surface area contributed by atoms with E-state index in [1.165, 1.54) is 0 Å². The van der Waals surface area contributed by atoms with Gasteiger partial charge in [-0.05, 0) is 30.5 Å². The first-order valence-corrected chi connectivity index (χ1v) is 7.41. The Kier molecular flexibility index (Phi) is 4.83. The first kappa shape index (κ1) is 15.4. The van der Waals surface area contributed by atoms with Gasteiger partial charge in [0.2, 0.25) is 11.8 Å². The number of rotatable bonds is 4. The molecule has 0 radical (unpaired) electrons. The molecular formula is C16H22N2O3. The summed E-state index contributed by atoms with van der Waals surface area (Å²) in [5, 5.41) is 12.3. The molecule has 1 aromatic rings. The molecule has 0 heterocycles. The average molecular weight is 290 g/mol. The number of primary amides is 1. The Morgan fingerprint density at radius 1 is 1.19 bits per heavy atom. The van der Waals surface area contributed by atoms with Gasteiger partial charge >= 0.3 is 0 Å². The van der Waals surface area contributed by atoms with Gasteiger partial charge in [-0.15, -0.1) is 0 Å². The molecule has 0 aliphatic heterocycles. The van der Waals surface area contributed by atoms with E-state index in [0.717, 1.165) is 25.7 Å². The zero-order valence-corrected chi connectivity index (χ0v) is 12.1. The summed E-state index contributed by atoms with van der Waals surface area (Å²) in [5.74, 6) is -0.561. The van der Waals surface area contributed by atoms with Crippen LogP contribution >= 0.6 is 0 Å². The standard InChI is InChI=1S/C16H22N2O3/c17-15(21)16(8-3-1-2-4-9-16)18-14(20)11-12-6-5-7-13(19)10-12/h5-7,10,19H,1-4,8-9,11H2,(H2,17,21)(H,18,20). The molecule has 2 amide bonds. The predicted octanol–water partition coefficient (Wildman–Crippen LogP) is 1.63. The zero-order valence-electron chi connectivity index (χ0n) is 12.1. The van der Waals surface area contributed by atoms with Crippen LogP contribution in [0.1, 0.15) is 44.1 Å². The van der Waals surface area contributed by atoms with Crippen LogP contribution in [0.15, 0.2) is 24.3 Å². The van der Waals surface area contributed by atoms with Gasteiger partial charge in [-0.2, -0.15) is 0 Å². The highest BCUT2D eigenvalue weighted by Crippen LogP contribution is 2.27. The molecule has 2 rings (SSSR count). The zero-order chi connectivity index (χ0) is 15.3. The van der Waals surface area contributed by atoms with E-state index in [4.69, 9.17) is 5.73 Å². The number of benzene rings is 1. The molecule has 0 unspecified atom stereocenters. The fourth-order valence-electron chi connectivity index (χ4n) is 2.93. The van der Waals surface area contributed by atoms with E-state index in [-0.39, 0.29) is 18.1 Å². The molecule has 1 aliphatic carbocycles. The second-order valence-corrected chi connectivity index (χ2v) is 5.76. The molecule has 0 atom stereocenters. The second-order valence-electron chi connectivity index (χ2n) is 5.76. The Morgan fingerprint density at radius 2 is 1.86 bits per heavy atom. The minimum absolute atomic E-state index is 0.124. The predicted molar refractivity (Wildman–Crippen MR) is 79.6 cm³/mol. The number of carbonyl (C=O) groups is 2. The largest absolute Gasteiger partial charge is 0.508 e. The molecule has 0 aromatic heterocycles. The summed E-state index contributed by atoms with van der Waals surface area (Å²) < 4.78 is 0. The van der Waals surface area contributed by atoms with Crippen molar-refractivity contribution in [1.29, 1.82) is 0 Å². The van der Waals surface area contributed by atoms with E-state index in [1.807, 2.05) is 0 Å². The smallest absolute Gasteiger partial charge is 0.243 e. The van der Waals surface area contributed by atoms with Gasteiger partial charge in [0.1, 0.15) is 11.3 Å². The topological polar surface area (TPSA) is 92.4 Å². The van der Waals surface area contributed by atoms with Crippen LogP contribution in [0, 0.1) is 0 Å². The number of phenols is 1. The maximum Gasteiger partial charge on any atom is 0.243 e. The lowest BCUT2D eigenvalue weighted by Gasteiger charge is -2.30. The van der Waals surface area contributed by atoms with Gasteiger partial charge in [0.25, 0.3) is 0 Å². The van der Waals surface area contributed by atoms with E-state index >= 15 is 0 Å². The second kappa shape index (κ2) is 6.61. The van der Waals surface area contributed by atoms with Crippen LogP contribution in [0.5, 0.6) is 5.75 Å². The summed E-state index contributed by atoms with van der Waals surface area (Å²) in [5.41, 5.74) is 5.34. The molecule has 0 bridgehead atoms. The molecule has 5 nitrogen and oxygen atoms in total. The molecule has 114 valence electrons. The van der Waals surface area contributed by atoms with E-state index in [0.29, 0.717) is 18.4 Å². The Balaban J connectivity index is 2.06. The number of nitrogens with two attached hydrogens (primary N) is 1. The van der Waals surface area contributed by atoms with Crippen LogP contribution in [0.25, 0.3) is 0 Å². The lowest BCUT2D eigenvalue weighted by atomic mass is 9.89. The lowest BCUT2D eigenvalue weighted by molar-refractivity contribution is -0.131. The molecule has 21 heavy (non-hydrogen) atoms. The quantitative estimate of drug-likeness (QED) is 0.736. The molecule has 1 aliphatic rings. The third-order valence-corrected chi connectivity index (χ3v) is 4.08. The van der Waals surface area contributed by atoms with Crippen molar-refractivity contribution in [3.05, 3.63) is 29.8 Å². The van der Waals surface area contributed by atoms with E-state index in [2.05, 4.69) is 5.32 Å². The number of nitrogens with one attached hydrogen (secondary N) is 1. The van der Waals surface area contributed by atoms with Gasteiger partial charge in [-0.25, -0.2) is 0 Å². The third-order valence-electron chi connectivity index (χ3n) is 4.08. The van der Waals surface area contributed by atoms with E-state index < -0.39 is 11.4 Å². The maximum atomic E-state index is 12.2. The number of hydrogen-bond donors (Lipinski definition) is 3. The number of phenolic OH excluding ortho intramolecular Hbond substituents is 1. The van der Waals surface area contributed by atoms with Crippen molar-refractivity contribution in [2.75, 3.05) is 0 Å². The number of carbonyl (C=O) groups excluding carboxylic acids is 2. The van der Waals surface area contributed by atoms with Gasteiger partial charge in [0.05, 0.1) is 6.42 Å². The third kappa shape index (κ3) is 3.97. The fraction of sp³-hybridized carbons (Fsp3) is 0.500. The van der Waals surface area contributed by atoms with Crippen molar-refractivity contribution in [3.8, 4) is 5.75 Å². The molecule has 1 saturated carbocycles. The summed E-state index contributed by atoms with van der Waals surface area (Å²) in [6.07, 6.45) is 5.27. The molecule has 0 spiro atoms. The summed E-state index contributed by atoms with van der Waals surface area (Å²) in [6.45, 7) is 0. The van der Waals surface area contributed by atoms with Crippen molar-refractivity contribution in [1.82, 2.24) is 5.32 Å². The highest BCUT2D eigenvalue weighted by atomic mass is 16.3. The summed E-state index contributed by atoms with van der Waals surface area (Å²) in [7, 11) is 0. The van der Waals surface area contributed by atoms with Gasteiger partial charge < -0.3 is 16.2 Å². The number of amides is 2. The SMILES string of the molecule is NC(=O)C1(NC(=O)Cc2cccc(O)c2)CCCCCC1. The van der Waals surface area contributed by atoms with Crippen LogP contribution in [0.2, 0.25) is 0 Å². The first-order valence-electron chi connectivity index (χ1n) is 7.41. The van der Waals surface area contributed by atoms with Crippen molar-refractivity contribution >= 4 is 11.8 Å². The Labute approximate surface area is 124 Å². The summed E-state index contributed by atoms with van der Waals surface area (Å²) in [4.78, 5) is 24.1. The van der Waals surface area contributed by atoms with Gasteiger partial charge in [0, 0.05) is 0 Å². The normalized spacial score (nSPS) is 17.7. The highest BCUT2D eigenvalue weighted by molar-refractivity contribution is 5.91. The van der Waals surface area contributed by atoms with Gasteiger partial charge in [-0.3, -0.25) is 9.59 Å². The maximum absolute atomic E-state index is 12.2. The fourth-order valence-corrected chi connectivity index (χ4v) is 2.93. The van der Waals surface area contributed by atoms with Crippen LogP contribution in [-0.2, 0) is 16.0 Å². The van der Waals surface area contributed by atoms with Crippen LogP contribution < -0.4 is 11.1 Å². The Morgan fingerprint density at radius 3 is 2.43 bits per heavy atom. The van der Waals surface area contributed by atoms with Crippen LogP contribution in [0.3, 0.4) is 0 Å². The van der Waals surface area contributed by atoms with Crippen molar-refractivity contribution in [2.24, 2.45) is 5.73 Å². The van der Waals surface area contributed by atoms with Crippen LogP contribution in [0.4, 0.5) is 0 Å². The van der Waals surface area contributed by atoms with Crippen molar-refractivity contribution in [2.45, 2.75) is 50.5 Å². The van der Waals surface area contributed by atoms with Crippen molar-refractivity contribution < 1.29 is 14.7 Å². The van der Waals surface area contributed by atoms with E-state index in [1.54, 1.807) is 24.3 Å². The van der Waals surface area contributed by atoms with Crippen LogP contribution in [-0.4, -0.2) is 22.5 Å².